The van der Waals surface area contributed by atoms with E-state index in [-0.39, 0.29) is 11.6 Å². The van der Waals surface area contributed by atoms with Crippen molar-refractivity contribution in [3.63, 3.8) is 0 Å². The zero-order chi connectivity index (χ0) is 14.6. The lowest BCUT2D eigenvalue weighted by Crippen LogP contribution is -2.60. The van der Waals surface area contributed by atoms with Crippen LogP contribution in [-0.2, 0) is 18.2 Å². The van der Waals surface area contributed by atoms with Crippen LogP contribution >= 0.6 is 0 Å². The monoisotopic (exact) mass is 280 g/mol. The molecular weight excluding hydrogens is 252 g/mol. The van der Waals surface area contributed by atoms with Crippen LogP contribution in [0.15, 0.2) is 12.4 Å². The SMILES string of the molecule is CCC(C)(C(N)CCc1nccn1C)N1CCOCC1. The van der Waals surface area contributed by atoms with Gasteiger partial charge in [0.25, 0.3) is 0 Å². The Hall–Kier alpha value is -0.910. The Morgan fingerprint density at radius 3 is 2.70 bits per heavy atom. The number of imidazole rings is 1. The van der Waals surface area contributed by atoms with Gasteiger partial charge in [-0.25, -0.2) is 4.98 Å². The van der Waals surface area contributed by atoms with Crippen LogP contribution < -0.4 is 5.73 Å². The van der Waals surface area contributed by atoms with Crippen LogP contribution in [0.1, 0.15) is 32.5 Å². The molecule has 0 spiro atoms. The van der Waals surface area contributed by atoms with Crippen LogP contribution in [0.4, 0.5) is 0 Å². The van der Waals surface area contributed by atoms with E-state index in [0.29, 0.717) is 0 Å². The minimum Gasteiger partial charge on any atom is -0.379 e. The zero-order valence-electron chi connectivity index (χ0n) is 13.0. The second-order valence-electron chi connectivity index (χ2n) is 5.91. The van der Waals surface area contributed by atoms with Gasteiger partial charge in [-0.1, -0.05) is 6.92 Å². The molecule has 0 bridgehead atoms. The van der Waals surface area contributed by atoms with Gasteiger partial charge >= 0.3 is 0 Å². The summed E-state index contributed by atoms with van der Waals surface area (Å²) >= 11 is 0. The second-order valence-corrected chi connectivity index (χ2v) is 5.91. The lowest BCUT2D eigenvalue weighted by atomic mass is 9.84. The maximum absolute atomic E-state index is 6.54. The van der Waals surface area contributed by atoms with Gasteiger partial charge in [0.2, 0.25) is 0 Å². The quantitative estimate of drug-likeness (QED) is 0.850. The molecule has 5 heteroatoms. The third-order valence-electron chi connectivity index (χ3n) is 4.85. The van der Waals surface area contributed by atoms with Crippen molar-refractivity contribution in [3.05, 3.63) is 18.2 Å². The number of ether oxygens (including phenoxy) is 1. The fourth-order valence-electron chi connectivity index (χ4n) is 3.03. The summed E-state index contributed by atoms with van der Waals surface area (Å²) < 4.78 is 7.53. The van der Waals surface area contributed by atoms with E-state index in [9.17, 15) is 0 Å². The van der Waals surface area contributed by atoms with Gasteiger partial charge in [-0.05, 0) is 19.8 Å². The van der Waals surface area contributed by atoms with Crippen LogP contribution in [0.25, 0.3) is 0 Å². The highest BCUT2D eigenvalue weighted by Crippen LogP contribution is 2.26. The van der Waals surface area contributed by atoms with E-state index < -0.39 is 0 Å². The first-order valence-corrected chi connectivity index (χ1v) is 7.62. The highest BCUT2D eigenvalue weighted by atomic mass is 16.5. The van der Waals surface area contributed by atoms with Crippen molar-refractivity contribution in [2.24, 2.45) is 12.8 Å². The predicted octanol–water partition coefficient (Wildman–Crippen LogP) is 1.18. The van der Waals surface area contributed by atoms with Gasteiger partial charge in [0, 0.05) is 50.5 Å². The molecule has 2 N–H and O–H groups in total. The van der Waals surface area contributed by atoms with E-state index >= 15 is 0 Å². The van der Waals surface area contributed by atoms with Crippen molar-refractivity contribution in [3.8, 4) is 0 Å². The molecule has 0 saturated carbocycles. The van der Waals surface area contributed by atoms with Gasteiger partial charge in [-0.3, -0.25) is 4.90 Å². The van der Waals surface area contributed by atoms with Gasteiger partial charge in [-0.2, -0.15) is 0 Å². The summed E-state index contributed by atoms with van der Waals surface area (Å²) in [7, 11) is 2.04. The Morgan fingerprint density at radius 1 is 1.45 bits per heavy atom. The molecule has 0 radical (unpaired) electrons. The summed E-state index contributed by atoms with van der Waals surface area (Å²) in [6, 6.07) is 0.155. The van der Waals surface area contributed by atoms with Gasteiger partial charge in [-0.15, -0.1) is 0 Å². The summed E-state index contributed by atoms with van der Waals surface area (Å²) in [6.45, 7) is 8.14. The molecule has 0 amide bonds. The number of nitrogens with zero attached hydrogens (tertiary/aromatic N) is 3. The molecule has 1 saturated heterocycles. The third kappa shape index (κ3) is 3.22. The first kappa shape index (κ1) is 15.5. The standard InChI is InChI=1S/C15H28N4O/c1-4-15(2,19-9-11-20-12-10-19)13(16)5-6-14-17-7-8-18(14)3/h7-8,13H,4-6,9-12,16H2,1-3H3. The molecule has 1 fully saturated rings. The number of nitrogens with two attached hydrogens (primary N) is 1. The van der Waals surface area contributed by atoms with E-state index in [1.807, 2.05) is 19.4 Å². The smallest absolute Gasteiger partial charge is 0.108 e. The summed E-state index contributed by atoms with van der Waals surface area (Å²) in [5.74, 6) is 1.11. The molecule has 2 heterocycles. The molecule has 114 valence electrons. The topological polar surface area (TPSA) is 56.3 Å². The van der Waals surface area contributed by atoms with Crippen LogP contribution in [0.5, 0.6) is 0 Å². The fourth-order valence-corrected chi connectivity index (χ4v) is 3.03. The average molecular weight is 280 g/mol. The van der Waals surface area contributed by atoms with Crippen molar-refractivity contribution >= 4 is 0 Å². The molecule has 0 aromatic carbocycles. The average Bonchev–Trinajstić information content (AvgIpc) is 2.90. The number of morpholine rings is 1. The van der Waals surface area contributed by atoms with Crippen LogP contribution in [0.3, 0.4) is 0 Å². The Morgan fingerprint density at radius 2 is 2.15 bits per heavy atom. The number of hydrogen-bond acceptors (Lipinski definition) is 4. The van der Waals surface area contributed by atoms with Crippen molar-refractivity contribution in [2.45, 2.75) is 44.7 Å². The molecule has 2 unspecified atom stereocenters. The highest BCUT2D eigenvalue weighted by Gasteiger charge is 2.36. The first-order chi connectivity index (χ1) is 9.58. The maximum atomic E-state index is 6.54. The van der Waals surface area contributed by atoms with Crippen LogP contribution in [-0.4, -0.2) is 52.3 Å². The predicted molar refractivity (Wildman–Crippen MR) is 80.6 cm³/mol. The van der Waals surface area contributed by atoms with Gasteiger partial charge in [0.15, 0.2) is 0 Å². The Bertz CT molecular complexity index is 414. The minimum absolute atomic E-state index is 0.0505. The number of hydrogen-bond donors (Lipinski definition) is 1. The summed E-state index contributed by atoms with van der Waals surface area (Å²) in [5, 5.41) is 0. The van der Waals surface area contributed by atoms with Crippen molar-refractivity contribution < 1.29 is 4.74 Å². The molecule has 1 aliphatic rings. The van der Waals surface area contributed by atoms with E-state index in [0.717, 1.165) is 51.4 Å². The highest BCUT2D eigenvalue weighted by molar-refractivity contribution is 4.98. The Balaban J connectivity index is 1.96. The second kappa shape index (κ2) is 6.70. The summed E-state index contributed by atoms with van der Waals surface area (Å²) in [4.78, 5) is 6.88. The van der Waals surface area contributed by atoms with Crippen LogP contribution in [0, 0.1) is 0 Å². The summed E-state index contributed by atoms with van der Waals surface area (Å²) in [6.07, 6.45) is 6.80. The van der Waals surface area contributed by atoms with Crippen LogP contribution in [0.2, 0.25) is 0 Å². The Labute approximate surface area is 122 Å². The number of rotatable bonds is 6. The lowest BCUT2D eigenvalue weighted by molar-refractivity contribution is -0.0282. The summed E-state index contributed by atoms with van der Waals surface area (Å²) in [5.41, 5.74) is 6.59. The largest absolute Gasteiger partial charge is 0.379 e. The molecule has 1 aromatic heterocycles. The molecular formula is C15H28N4O. The Kier molecular flexibility index (Phi) is 5.18. The lowest BCUT2D eigenvalue weighted by Gasteiger charge is -2.46. The first-order valence-electron chi connectivity index (χ1n) is 7.62. The molecule has 1 aliphatic heterocycles. The molecule has 2 atom stereocenters. The molecule has 20 heavy (non-hydrogen) atoms. The van der Waals surface area contributed by atoms with Gasteiger partial charge in [0.1, 0.15) is 5.82 Å². The molecule has 0 aliphatic carbocycles. The molecule has 2 rings (SSSR count). The zero-order valence-corrected chi connectivity index (χ0v) is 13.0. The van der Waals surface area contributed by atoms with E-state index in [1.54, 1.807) is 0 Å². The number of aryl methyl sites for hydroxylation is 2. The van der Waals surface area contributed by atoms with Crippen molar-refractivity contribution in [1.82, 2.24) is 14.5 Å². The number of aromatic nitrogens is 2. The molecule has 1 aromatic rings. The van der Waals surface area contributed by atoms with Gasteiger partial charge < -0.3 is 15.0 Å². The molecule has 5 nitrogen and oxygen atoms in total. The third-order valence-corrected chi connectivity index (χ3v) is 4.85. The maximum Gasteiger partial charge on any atom is 0.108 e. The van der Waals surface area contributed by atoms with Gasteiger partial charge in [0.05, 0.1) is 13.2 Å². The normalized spacial score (nSPS) is 21.6. The van der Waals surface area contributed by atoms with Crippen molar-refractivity contribution in [2.75, 3.05) is 26.3 Å². The van der Waals surface area contributed by atoms with E-state index in [4.69, 9.17) is 10.5 Å². The fraction of sp³-hybridized carbons (Fsp3) is 0.800. The van der Waals surface area contributed by atoms with E-state index in [1.165, 1.54) is 0 Å². The van der Waals surface area contributed by atoms with E-state index in [2.05, 4.69) is 28.3 Å². The van der Waals surface area contributed by atoms with Crippen molar-refractivity contribution in [1.29, 1.82) is 0 Å². The minimum atomic E-state index is 0.0505.